The van der Waals surface area contributed by atoms with Gasteiger partial charge in [0.2, 0.25) is 0 Å². The van der Waals surface area contributed by atoms with Crippen LogP contribution in [-0.2, 0) is 0 Å². The van der Waals surface area contributed by atoms with Crippen LogP contribution in [0.3, 0.4) is 0 Å². The summed E-state index contributed by atoms with van der Waals surface area (Å²) in [4.78, 5) is 17.2. The van der Waals surface area contributed by atoms with E-state index in [1.54, 1.807) is 23.9 Å². The van der Waals surface area contributed by atoms with Gasteiger partial charge >= 0.3 is 0 Å². The maximum Gasteiger partial charge on any atom is 0.269 e. The van der Waals surface area contributed by atoms with Crippen LogP contribution in [0.25, 0.3) is 0 Å². The summed E-state index contributed by atoms with van der Waals surface area (Å²) in [5.74, 6) is 1.10. The number of nitrogens with zero attached hydrogens (tertiary/aromatic N) is 3. The highest BCUT2D eigenvalue weighted by molar-refractivity contribution is 8.14. The van der Waals surface area contributed by atoms with Crippen molar-refractivity contribution in [3.05, 3.63) is 39.9 Å². The van der Waals surface area contributed by atoms with E-state index in [0.717, 1.165) is 29.6 Å². The third-order valence-electron chi connectivity index (χ3n) is 2.99. The lowest BCUT2D eigenvalue weighted by molar-refractivity contribution is -0.384. The van der Waals surface area contributed by atoms with Gasteiger partial charge in [-0.3, -0.25) is 15.1 Å². The van der Waals surface area contributed by atoms with Crippen LogP contribution < -0.4 is 0 Å². The number of non-ortho nitro benzene ring substituents is 1. The van der Waals surface area contributed by atoms with Crippen molar-refractivity contribution in [2.24, 2.45) is 4.99 Å². The van der Waals surface area contributed by atoms with Gasteiger partial charge in [0.05, 0.1) is 11.0 Å². The van der Waals surface area contributed by atoms with Crippen LogP contribution in [0, 0.1) is 10.1 Å². The zero-order valence-corrected chi connectivity index (χ0v) is 11.4. The van der Waals surface area contributed by atoms with Crippen molar-refractivity contribution >= 4 is 36.1 Å². The molecule has 2 aliphatic heterocycles. The smallest absolute Gasteiger partial charge is 0.269 e. The first-order valence-electron chi connectivity index (χ1n) is 5.44. The van der Waals surface area contributed by atoms with Crippen molar-refractivity contribution in [2.45, 2.75) is 6.04 Å². The molecule has 3 rings (SSSR count). The van der Waals surface area contributed by atoms with Gasteiger partial charge in [-0.05, 0) is 5.56 Å². The molecular weight excluding hydrogens is 270 g/mol. The third kappa shape index (κ3) is 2.32. The van der Waals surface area contributed by atoms with E-state index >= 15 is 0 Å². The predicted octanol–water partition coefficient (Wildman–Crippen LogP) is 2.17. The van der Waals surface area contributed by atoms with E-state index in [-0.39, 0.29) is 30.1 Å². The number of rotatable bonds is 2. The first-order chi connectivity index (χ1) is 8.24. The Morgan fingerprint density at radius 3 is 3.06 bits per heavy atom. The molecule has 0 aliphatic carbocycles. The summed E-state index contributed by atoms with van der Waals surface area (Å²) in [7, 11) is 0. The molecule has 2 aliphatic rings. The molecule has 2 heterocycles. The summed E-state index contributed by atoms with van der Waals surface area (Å²) < 4.78 is 0. The van der Waals surface area contributed by atoms with Crippen molar-refractivity contribution < 1.29 is 4.92 Å². The first kappa shape index (κ1) is 13.2. The highest BCUT2D eigenvalue weighted by atomic mass is 32.2. The average Bonchev–Trinajstić information content (AvgIpc) is 2.89. The fourth-order valence-corrected chi connectivity index (χ4v) is 3.18. The summed E-state index contributed by atoms with van der Waals surface area (Å²) in [6.07, 6.45) is 0. The number of hydrogen-bond donors (Lipinski definition) is 0. The molecule has 0 amide bonds. The zero-order chi connectivity index (χ0) is 11.8. The Balaban J connectivity index is 0.00000120. The van der Waals surface area contributed by atoms with Crippen molar-refractivity contribution in [3.63, 3.8) is 0 Å². The van der Waals surface area contributed by atoms with Gasteiger partial charge < -0.3 is 4.90 Å². The predicted molar refractivity (Wildman–Crippen MR) is 77.7 cm³/mol. The summed E-state index contributed by atoms with van der Waals surface area (Å²) in [6, 6.07) is 6.83. The number of benzene rings is 1. The molecule has 1 fully saturated rings. The molecule has 0 N–H and O–H groups in total. The second-order valence-electron chi connectivity index (χ2n) is 4.07. The van der Waals surface area contributed by atoms with Crippen LogP contribution in [0.15, 0.2) is 29.3 Å². The van der Waals surface area contributed by atoms with E-state index in [0.29, 0.717) is 0 Å². The molecule has 0 saturated carbocycles. The Morgan fingerprint density at radius 2 is 2.33 bits per heavy atom. The lowest BCUT2D eigenvalue weighted by Gasteiger charge is -2.12. The van der Waals surface area contributed by atoms with Crippen LogP contribution in [0.4, 0.5) is 5.69 Å². The average molecular weight is 283 g/mol. The summed E-state index contributed by atoms with van der Waals surface area (Å²) in [5, 5.41) is 11.8. The van der Waals surface area contributed by atoms with E-state index in [1.807, 2.05) is 6.07 Å². The minimum absolute atomic E-state index is 0. The van der Waals surface area contributed by atoms with Crippen LogP contribution in [0.5, 0.6) is 0 Å². The second kappa shape index (κ2) is 5.19. The largest absolute Gasteiger partial charge is 0.348 e. The Labute approximate surface area is 116 Å². The number of nitro benzene ring substituents is 1. The van der Waals surface area contributed by atoms with E-state index in [1.165, 1.54) is 6.07 Å². The van der Waals surface area contributed by atoms with Crippen LogP contribution >= 0.6 is 25.3 Å². The Bertz CT molecular complexity index is 507. The standard InChI is InChI=1S/C11H11N3O2S.H2S/c15-14(16)9-3-1-2-8(6-9)10-7-13-4-5-17-11(13)12-10;/h1-3,6,10H,4-5,7H2;1H2/t10-;/m1./s1. The fraction of sp³-hybridized carbons (Fsp3) is 0.364. The fourth-order valence-electron chi connectivity index (χ4n) is 2.13. The lowest BCUT2D eigenvalue weighted by atomic mass is 10.1. The molecule has 7 heteroatoms. The molecule has 0 aromatic heterocycles. The van der Waals surface area contributed by atoms with Gasteiger partial charge in [-0.25, -0.2) is 0 Å². The van der Waals surface area contributed by atoms with Gasteiger partial charge in [0, 0.05) is 31.0 Å². The molecule has 1 aromatic carbocycles. The third-order valence-corrected chi connectivity index (χ3v) is 4.00. The van der Waals surface area contributed by atoms with Gasteiger partial charge in [-0.1, -0.05) is 23.9 Å². The molecule has 1 aromatic rings. The minimum atomic E-state index is -0.360. The maximum absolute atomic E-state index is 10.7. The summed E-state index contributed by atoms with van der Waals surface area (Å²) in [6.45, 7) is 1.89. The van der Waals surface area contributed by atoms with Gasteiger partial charge in [0.25, 0.3) is 5.69 Å². The molecule has 0 bridgehead atoms. The normalized spacial score (nSPS) is 21.2. The van der Waals surface area contributed by atoms with Gasteiger partial charge in [0.1, 0.15) is 0 Å². The zero-order valence-electron chi connectivity index (χ0n) is 9.57. The molecular formula is C11H13N3O2S2. The molecule has 96 valence electrons. The van der Waals surface area contributed by atoms with Crippen LogP contribution in [0.1, 0.15) is 11.6 Å². The quantitative estimate of drug-likeness (QED) is 0.616. The highest BCUT2D eigenvalue weighted by Crippen LogP contribution is 2.33. The number of aliphatic imine (C=N–C) groups is 1. The van der Waals surface area contributed by atoms with Gasteiger partial charge in [-0.2, -0.15) is 13.5 Å². The summed E-state index contributed by atoms with van der Waals surface area (Å²) >= 11 is 1.76. The molecule has 1 atom stereocenters. The number of thioether (sulfide) groups is 1. The lowest BCUT2D eigenvalue weighted by Crippen LogP contribution is -2.21. The Kier molecular flexibility index (Phi) is 3.82. The minimum Gasteiger partial charge on any atom is -0.348 e. The Morgan fingerprint density at radius 1 is 1.50 bits per heavy atom. The van der Waals surface area contributed by atoms with Crippen LogP contribution in [-0.4, -0.2) is 33.8 Å². The second-order valence-corrected chi connectivity index (χ2v) is 5.14. The maximum atomic E-state index is 10.7. The van der Waals surface area contributed by atoms with Crippen molar-refractivity contribution in [1.29, 1.82) is 0 Å². The topological polar surface area (TPSA) is 58.7 Å². The SMILES string of the molecule is O=[N+]([O-])c1cccc([C@H]2CN3CCSC3=N2)c1.S. The van der Waals surface area contributed by atoms with Crippen molar-refractivity contribution in [2.75, 3.05) is 18.8 Å². The van der Waals surface area contributed by atoms with Crippen LogP contribution in [0.2, 0.25) is 0 Å². The van der Waals surface area contributed by atoms with E-state index < -0.39 is 0 Å². The summed E-state index contributed by atoms with van der Waals surface area (Å²) in [5.41, 5.74) is 1.07. The molecule has 18 heavy (non-hydrogen) atoms. The number of hydrogen-bond acceptors (Lipinski definition) is 5. The van der Waals surface area contributed by atoms with E-state index in [9.17, 15) is 10.1 Å². The Hall–Kier alpha value is -1.21. The first-order valence-corrected chi connectivity index (χ1v) is 6.42. The van der Waals surface area contributed by atoms with Crippen molar-refractivity contribution in [1.82, 2.24) is 4.90 Å². The van der Waals surface area contributed by atoms with Crippen molar-refractivity contribution in [3.8, 4) is 0 Å². The van der Waals surface area contributed by atoms with E-state index in [4.69, 9.17) is 0 Å². The molecule has 0 radical (unpaired) electrons. The number of nitro groups is 1. The van der Waals surface area contributed by atoms with E-state index in [2.05, 4.69) is 9.89 Å². The molecule has 0 spiro atoms. The molecule has 1 saturated heterocycles. The number of fused-ring (bicyclic) bond motifs is 1. The van der Waals surface area contributed by atoms with Gasteiger partial charge in [0.15, 0.2) is 5.17 Å². The molecule has 0 unspecified atom stereocenters. The highest BCUT2D eigenvalue weighted by Gasteiger charge is 2.30. The number of amidine groups is 1. The monoisotopic (exact) mass is 283 g/mol. The van der Waals surface area contributed by atoms with Gasteiger partial charge in [-0.15, -0.1) is 0 Å². The molecule has 5 nitrogen and oxygen atoms in total.